The van der Waals surface area contributed by atoms with E-state index in [1.807, 2.05) is 0 Å². The van der Waals surface area contributed by atoms with Gasteiger partial charge in [-0.15, -0.1) is 0 Å². The Morgan fingerprint density at radius 2 is 1.74 bits per heavy atom. The summed E-state index contributed by atoms with van der Waals surface area (Å²) in [7, 11) is -4.35. The zero-order valence-corrected chi connectivity index (χ0v) is 15.3. The van der Waals surface area contributed by atoms with Crippen LogP contribution >= 0.6 is 0 Å². The van der Waals surface area contributed by atoms with Crippen molar-refractivity contribution in [1.82, 2.24) is 0 Å². The van der Waals surface area contributed by atoms with Gasteiger partial charge in [-0.25, -0.2) is 8.42 Å². The van der Waals surface area contributed by atoms with E-state index in [0.717, 1.165) is 43.9 Å². The van der Waals surface area contributed by atoms with Crippen LogP contribution in [0.15, 0.2) is 29.2 Å². The SMILES string of the molecule is O=C(O)[C@H]1C[C@H](S(=O)(=O)c2ccccc2C(F)(F)F)C[C@@H]1OC1CCCC1. The van der Waals surface area contributed by atoms with E-state index in [4.69, 9.17) is 4.74 Å². The third-order valence-corrected chi connectivity index (χ3v) is 7.62. The number of aliphatic carboxylic acids is 1. The second kappa shape index (κ2) is 7.43. The highest BCUT2D eigenvalue weighted by atomic mass is 32.2. The van der Waals surface area contributed by atoms with Crippen molar-refractivity contribution in [3.63, 3.8) is 0 Å². The van der Waals surface area contributed by atoms with Crippen LogP contribution in [0.5, 0.6) is 0 Å². The fourth-order valence-corrected chi connectivity index (χ4v) is 6.04. The third kappa shape index (κ3) is 4.13. The molecular formula is C18H21F3O5S. The number of benzene rings is 1. The molecule has 0 aromatic heterocycles. The molecule has 0 spiro atoms. The summed E-state index contributed by atoms with van der Waals surface area (Å²) >= 11 is 0. The average molecular weight is 406 g/mol. The number of carbonyl (C=O) groups is 1. The molecule has 0 aliphatic heterocycles. The first-order chi connectivity index (χ1) is 12.6. The van der Waals surface area contributed by atoms with E-state index in [9.17, 15) is 31.5 Å². The predicted octanol–water partition coefficient (Wildman–Crippen LogP) is 3.67. The normalized spacial score (nSPS) is 27.1. The number of carboxylic acids is 1. The van der Waals surface area contributed by atoms with E-state index < -0.39 is 49.7 Å². The van der Waals surface area contributed by atoms with Crippen molar-refractivity contribution in [2.45, 2.75) is 67.1 Å². The first kappa shape index (κ1) is 20.1. The van der Waals surface area contributed by atoms with Crippen LogP contribution in [0.2, 0.25) is 0 Å². The second-order valence-electron chi connectivity index (χ2n) is 7.16. The van der Waals surface area contributed by atoms with E-state index in [0.29, 0.717) is 0 Å². The number of ether oxygens (including phenoxy) is 1. The summed E-state index contributed by atoms with van der Waals surface area (Å²) < 4.78 is 71.3. The van der Waals surface area contributed by atoms with Gasteiger partial charge in [0.15, 0.2) is 9.84 Å². The standard InChI is InChI=1S/C18H21F3O5S/c19-18(20,21)14-7-3-4-8-16(14)27(24,25)12-9-13(17(22)23)15(10-12)26-11-5-1-2-6-11/h3-4,7-8,11-13,15H,1-2,5-6,9-10H2,(H,22,23)/t12-,13-,15-/m0/s1. The monoisotopic (exact) mass is 406 g/mol. The van der Waals surface area contributed by atoms with Crippen LogP contribution in [0.1, 0.15) is 44.1 Å². The van der Waals surface area contributed by atoms with E-state index in [1.54, 1.807) is 0 Å². The number of sulfone groups is 1. The maximum atomic E-state index is 13.2. The zero-order valence-electron chi connectivity index (χ0n) is 14.5. The van der Waals surface area contributed by atoms with Crippen molar-refractivity contribution in [2.75, 3.05) is 0 Å². The Bertz CT molecular complexity index is 799. The van der Waals surface area contributed by atoms with Gasteiger partial charge in [-0.05, 0) is 37.8 Å². The minimum absolute atomic E-state index is 0.109. The van der Waals surface area contributed by atoms with Gasteiger partial charge in [0.1, 0.15) is 0 Å². The topological polar surface area (TPSA) is 80.7 Å². The Labute approximate surface area is 155 Å². The highest BCUT2D eigenvalue weighted by Crippen LogP contribution is 2.41. The lowest BCUT2D eigenvalue weighted by Crippen LogP contribution is -2.28. The van der Waals surface area contributed by atoms with Crippen LogP contribution in [0, 0.1) is 5.92 Å². The van der Waals surface area contributed by atoms with E-state index >= 15 is 0 Å². The molecule has 2 aliphatic carbocycles. The number of alkyl halides is 3. The Morgan fingerprint density at radius 3 is 2.33 bits per heavy atom. The van der Waals surface area contributed by atoms with Gasteiger partial charge in [-0.1, -0.05) is 25.0 Å². The molecule has 9 heteroatoms. The largest absolute Gasteiger partial charge is 0.481 e. The van der Waals surface area contributed by atoms with E-state index in [2.05, 4.69) is 0 Å². The van der Waals surface area contributed by atoms with Gasteiger partial charge in [0.25, 0.3) is 0 Å². The first-order valence-electron chi connectivity index (χ1n) is 8.89. The summed E-state index contributed by atoms with van der Waals surface area (Å²) in [5.41, 5.74) is -1.22. The smallest absolute Gasteiger partial charge is 0.417 e. The molecule has 2 aliphatic rings. The van der Waals surface area contributed by atoms with Crippen molar-refractivity contribution in [1.29, 1.82) is 0 Å². The molecule has 3 atom stereocenters. The molecular weight excluding hydrogens is 385 g/mol. The van der Waals surface area contributed by atoms with Gasteiger partial charge in [0.05, 0.1) is 33.8 Å². The van der Waals surface area contributed by atoms with Crippen LogP contribution < -0.4 is 0 Å². The lowest BCUT2D eigenvalue weighted by atomic mass is 10.1. The number of hydrogen-bond donors (Lipinski definition) is 1. The Kier molecular flexibility index (Phi) is 5.54. The summed E-state index contributed by atoms with van der Waals surface area (Å²) in [4.78, 5) is 10.8. The summed E-state index contributed by atoms with van der Waals surface area (Å²) in [6.45, 7) is 0. The number of carboxylic acid groups (broad SMARTS) is 1. The van der Waals surface area contributed by atoms with Crippen molar-refractivity contribution >= 4 is 15.8 Å². The molecule has 0 amide bonds. The van der Waals surface area contributed by atoms with Crippen molar-refractivity contribution < 1.29 is 36.2 Å². The average Bonchev–Trinajstić information content (AvgIpc) is 3.24. The molecule has 3 rings (SSSR count). The van der Waals surface area contributed by atoms with Crippen LogP contribution in [-0.4, -0.2) is 37.0 Å². The Hall–Kier alpha value is -1.61. The van der Waals surface area contributed by atoms with Gasteiger partial charge in [-0.2, -0.15) is 13.2 Å². The molecule has 0 heterocycles. The third-order valence-electron chi connectivity index (χ3n) is 5.39. The van der Waals surface area contributed by atoms with Crippen LogP contribution in [-0.2, 0) is 25.5 Å². The highest BCUT2D eigenvalue weighted by molar-refractivity contribution is 7.92. The molecule has 1 N–H and O–H groups in total. The lowest BCUT2D eigenvalue weighted by molar-refractivity contribution is -0.147. The summed E-state index contributed by atoms with van der Waals surface area (Å²) in [6, 6.07) is 4.02. The van der Waals surface area contributed by atoms with Gasteiger partial charge >= 0.3 is 12.1 Å². The van der Waals surface area contributed by atoms with E-state index in [1.165, 1.54) is 6.07 Å². The molecule has 27 heavy (non-hydrogen) atoms. The molecule has 150 valence electrons. The summed E-state index contributed by atoms with van der Waals surface area (Å²) in [6.07, 6.45) is -2.57. The van der Waals surface area contributed by atoms with Gasteiger partial charge in [0, 0.05) is 0 Å². The zero-order chi connectivity index (χ0) is 19.8. The Morgan fingerprint density at radius 1 is 1.11 bits per heavy atom. The lowest BCUT2D eigenvalue weighted by Gasteiger charge is -2.21. The molecule has 2 fully saturated rings. The summed E-state index contributed by atoms with van der Waals surface area (Å²) in [5.74, 6) is -2.22. The van der Waals surface area contributed by atoms with Crippen LogP contribution in [0.4, 0.5) is 13.2 Å². The molecule has 1 aromatic rings. The quantitative estimate of drug-likeness (QED) is 0.807. The minimum Gasteiger partial charge on any atom is -0.481 e. The number of hydrogen-bond acceptors (Lipinski definition) is 4. The fourth-order valence-electron chi connectivity index (χ4n) is 4.02. The number of halogens is 3. The predicted molar refractivity (Wildman–Crippen MR) is 89.9 cm³/mol. The first-order valence-corrected chi connectivity index (χ1v) is 10.4. The maximum Gasteiger partial charge on any atom is 0.417 e. The maximum absolute atomic E-state index is 13.2. The van der Waals surface area contributed by atoms with Crippen molar-refractivity contribution in [3.8, 4) is 0 Å². The number of rotatable bonds is 5. The van der Waals surface area contributed by atoms with Crippen LogP contribution in [0.3, 0.4) is 0 Å². The van der Waals surface area contributed by atoms with E-state index in [-0.39, 0.29) is 18.9 Å². The van der Waals surface area contributed by atoms with Crippen molar-refractivity contribution in [2.24, 2.45) is 5.92 Å². The van der Waals surface area contributed by atoms with Crippen molar-refractivity contribution in [3.05, 3.63) is 29.8 Å². The van der Waals surface area contributed by atoms with Gasteiger partial charge in [-0.3, -0.25) is 4.79 Å². The highest BCUT2D eigenvalue weighted by Gasteiger charge is 2.48. The molecule has 0 radical (unpaired) electrons. The van der Waals surface area contributed by atoms with Gasteiger partial charge < -0.3 is 9.84 Å². The van der Waals surface area contributed by atoms with Gasteiger partial charge in [0.2, 0.25) is 0 Å². The molecule has 1 aromatic carbocycles. The summed E-state index contributed by atoms with van der Waals surface area (Å²) in [5, 5.41) is 8.23. The molecule has 0 bridgehead atoms. The molecule has 2 saturated carbocycles. The fraction of sp³-hybridized carbons (Fsp3) is 0.611. The Balaban J connectivity index is 1.88. The molecule has 0 unspecified atom stereocenters. The van der Waals surface area contributed by atoms with Crippen LogP contribution in [0.25, 0.3) is 0 Å². The minimum atomic E-state index is -4.81. The second-order valence-corrected chi connectivity index (χ2v) is 9.35. The molecule has 0 saturated heterocycles. The molecule has 5 nitrogen and oxygen atoms in total.